The highest BCUT2D eigenvalue weighted by Crippen LogP contribution is 2.43. The zero-order valence-corrected chi connectivity index (χ0v) is 23.9. The lowest BCUT2D eigenvalue weighted by molar-refractivity contribution is 0.0694. The van der Waals surface area contributed by atoms with Gasteiger partial charge in [-0.05, 0) is 31.9 Å². The summed E-state index contributed by atoms with van der Waals surface area (Å²) >= 11 is 0. The fourth-order valence-electron chi connectivity index (χ4n) is 5.92. The van der Waals surface area contributed by atoms with Gasteiger partial charge < -0.3 is 19.3 Å². The number of hydrogen-bond donors (Lipinski definition) is 1. The summed E-state index contributed by atoms with van der Waals surface area (Å²) in [6.45, 7) is 6.39. The number of pyridine rings is 1. The Hall–Kier alpha value is -2.61. The summed E-state index contributed by atoms with van der Waals surface area (Å²) < 4.78 is 23.1. The number of nitrogens with zero attached hydrogens (tertiary/aromatic N) is 3. The molecule has 216 valence electrons. The molecule has 0 bridgehead atoms. The second-order valence-corrected chi connectivity index (χ2v) is 11.3. The van der Waals surface area contributed by atoms with E-state index in [0.29, 0.717) is 30.0 Å². The number of anilines is 1. The fourth-order valence-corrected chi connectivity index (χ4v) is 5.92. The molecule has 1 aromatic carbocycles. The quantitative estimate of drug-likeness (QED) is 0.240. The monoisotopic (exact) mass is 543 g/mol. The van der Waals surface area contributed by atoms with Gasteiger partial charge in [0.15, 0.2) is 11.6 Å². The van der Waals surface area contributed by atoms with E-state index in [1.165, 1.54) is 90.0 Å². The molecule has 0 radical (unpaired) electrons. The predicted molar refractivity (Wildman–Crippen MR) is 155 cm³/mol. The first-order valence-corrected chi connectivity index (χ1v) is 15.1. The third-order valence-corrected chi connectivity index (χ3v) is 8.34. The number of unbranched alkanes of at least 4 members (excludes halogenated alkanes) is 10. The van der Waals surface area contributed by atoms with Gasteiger partial charge in [0, 0.05) is 38.4 Å². The smallest absolute Gasteiger partial charge is 0.341 e. The number of halogens is 1. The predicted octanol–water partition coefficient (Wildman–Crippen LogP) is 6.62. The molecule has 1 aromatic heterocycles. The first kappa shape index (κ1) is 29.4. The number of aromatic carboxylic acids is 1. The zero-order chi connectivity index (χ0) is 27.8. The number of piperazine rings is 1. The molecule has 2 aliphatic rings. The molecule has 2 fully saturated rings. The van der Waals surface area contributed by atoms with Gasteiger partial charge in [0.1, 0.15) is 11.3 Å². The summed E-state index contributed by atoms with van der Waals surface area (Å²) in [5.41, 5.74) is -0.138. The van der Waals surface area contributed by atoms with Crippen molar-refractivity contribution >= 4 is 22.6 Å². The number of ether oxygens (including phenoxy) is 1. The summed E-state index contributed by atoms with van der Waals surface area (Å²) in [5.74, 6) is -1.52. The number of rotatable bonds is 16. The Morgan fingerprint density at radius 3 is 2.10 bits per heavy atom. The Balaban J connectivity index is 1.33. The standard InChI is InChI=1S/C31H46FN3O4/c1-3-4-5-6-7-8-9-10-11-12-13-16-33-17-19-34(20-18-33)28-26(32)21-24-27(30(28)39-2)35(23-14-15-23)22-25(29(24)36)31(37)38/h21-23H,3-20H2,1-2H3,(H,37,38). The van der Waals surface area contributed by atoms with Gasteiger partial charge in [-0.15, -0.1) is 0 Å². The van der Waals surface area contributed by atoms with Crippen LogP contribution in [0.25, 0.3) is 10.9 Å². The van der Waals surface area contributed by atoms with E-state index in [0.717, 1.165) is 32.5 Å². The lowest BCUT2D eigenvalue weighted by Gasteiger charge is -2.37. The largest absolute Gasteiger partial charge is 0.492 e. The molecule has 2 heterocycles. The van der Waals surface area contributed by atoms with Crippen LogP contribution in [-0.4, -0.2) is 60.4 Å². The maximum Gasteiger partial charge on any atom is 0.341 e. The average molecular weight is 544 g/mol. The molecule has 1 saturated carbocycles. The minimum absolute atomic E-state index is 0.0648. The Labute approximate surface area is 231 Å². The van der Waals surface area contributed by atoms with Crippen molar-refractivity contribution < 1.29 is 19.0 Å². The zero-order valence-electron chi connectivity index (χ0n) is 23.9. The number of aromatic nitrogens is 1. The third-order valence-electron chi connectivity index (χ3n) is 8.34. The first-order chi connectivity index (χ1) is 19.0. The van der Waals surface area contributed by atoms with Crippen LogP contribution in [0.15, 0.2) is 17.1 Å². The molecule has 0 atom stereocenters. The maximum absolute atomic E-state index is 15.5. The Bertz CT molecular complexity index is 1170. The number of methoxy groups -OCH3 is 1. The van der Waals surface area contributed by atoms with Crippen molar-refractivity contribution in [3.05, 3.63) is 33.9 Å². The maximum atomic E-state index is 15.5. The van der Waals surface area contributed by atoms with Gasteiger partial charge in [-0.1, -0.05) is 71.1 Å². The Kier molecular flexibility index (Phi) is 10.7. The van der Waals surface area contributed by atoms with E-state index >= 15 is 4.39 Å². The van der Waals surface area contributed by atoms with E-state index in [4.69, 9.17) is 4.74 Å². The number of carboxylic acids is 1. The Morgan fingerprint density at radius 1 is 0.974 bits per heavy atom. The summed E-state index contributed by atoms with van der Waals surface area (Å²) in [5, 5.41) is 9.60. The van der Waals surface area contributed by atoms with Gasteiger partial charge in [0.25, 0.3) is 0 Å². The molecule has 4 rings (SSSR count). The molecule has 0 spiro atoms. The van der Waals surface area contributed by atoms with Crippen molar-refractivity contribution in [2.24, 2.45) is 0 Å². The second-order valence-electron chi connectivity index (χ2n) is 11.3. The summed E-state index contributed by atoms with van der Waals surface area (Å²) in [4.78, 5) is 29.1. The van der Waals surface area contributed by atoms with Crippen molar-refractivity contribution in [3.63, 3.8) is 0 Å². The summed E-state index contributed by atoms with van der Waals surface area (Å²) in [6.07, 6.45) is 17.9. The number of hydrogen-bond acceptors (Lipinski definition) is 5. The van der Waals surface area contributed by atoms with Crippen LogP contribution in [0.5, 0.6) is 5.75 Å². The third kappa shape index (κ3) is 7.33. The second kappa shape index (κ2) is 14.1. The minimum Gasteiger partial charge on any atom is -0.492 e. The van der Waals surface area contributed by atoms with Crippen LogP contribution in [0.1, 0.15) is 107 Å². The van der Waals surface area contributed by atoms with Crippen LogP contribution in [0, 0.1) is 5.82 Å². The number of benzene rings is 1. The van der Waals surface area contributed by atoms with Crippen molar-refractivity contribution in [1.82, 2.24) is 9.47 Å². The van der Waals surface area contributed by atoms with E-state index < -0.39 is 17.2 Å². The molecule has 1 N–H and O–H groups in total. The Morgan fingerprint density at radius 2 is 1.56 bits per heavy atom. The number of fused-ring (bicyclic) bond motifs is 1. The molecule has 7 nitrogen and oxygen atoms in total. The van der Waals surface area contributed by atoms with Crippen LogP contribution >= 0.6 is 0 Å². The fraction of sp³-hybridized carbons (Fsp3) is 0.677. The molecular weight excluding hydrogens is 497 g/mol. The summed E-state index contributed by atoms with van der Waals surface area (Å²) in [7, 11) is 1.49. The first-order valence-electron chi connectivity index (χ1n) is 15.1. The molecule has 39 heavy (non-hydrogen) atoms. The van der Waals surface area contributed by atoms with E-state index in [1.54, 1.807) is 0 Å². The van der Waals surface area contributed by atoms with Gasteiger partial charge in [0.05, 0.1) is 18.0 Å². The van der Waals surface area contributed by atoms with E-state index in [9.17, 15) is 14.7 Å². The number of carbonyl (C=O) groups is 1. The lowest BCUT2D eigenvalue weighted by atomic mass is 10.1. The highest BCUT2D eigenvalue weighted by atomic mass is 19.1. The molecule has 0 amide bonds. The van der Waals surface area contributed by atoms with E-state index in [1.807, 2.05) is 9.47 Å². The van der Waals surface area contributed by atoms with Gasteiger partial charge in [-0.3, -0.25) is 9.69 Å². The average Bonchev–Trinajstić information content (AvgIpc) is 3.77. The van der Waals surface area contributed by atoms with Crippen molar-refractivity contribution in [2.45, 2.75) is 96.4 Å². The van der Waals surface area contributed by atoms with Crippen LogP contribution in [-0.2, 0) is 0 Å². The normalized spacial score (nSPS) is 16.2. The molecular formula is C31H46FN3O4. The van der Waals surface area contributed by atoms with E-state index in [-0.39, 0.29) is 17.0 Å². The molecule has 2 aromatic rings. The van der Waals surface area contributed by atoms with Crippen molar-refractivity contribution in [3.8, 4) is 5.75 Å². The van der Waals surface area contributed by atoms with Crippen molar-refractivity contribution in [1.29, 1.82) is 0 Å². The van der Waals surface area contributed by atoms with Crippen LogP contribution in [0.3, 0.4) is 0 Å². The molecule has 1 saturated heterocycles. The SMILES string of the molecule is CCCCCCCCCCCCCN1CCN(c2c(F)cc3c(=O)c(C(=O)O)cn(C4CC4)c3c2OC)CC1. The molecule has 1 aliphatic heterocycles. The lowest BCUT2D eigenvalue weighted by Crippen LogP contribution is -2.47. The minimum atomic E-state index is -1.30. The van der Waals surface area contributed by atoms with Crippen LogP contribution < -0.4 is 15.1 Å². The highest BCUT2D eigenvalue weighted by Gasteiger charge is 2.32. The molecule has 8 heteroatoms. The molecule has 0 unspecified atom stereocenters. The van der Waals surface area contributed by atoms with Crippen molar-refractivity contribution in [2.75, 3.05) is 44.7 Å². The van der Waals surface area contributed by atoms with Gasteiger partial charge in [-0.2, -0.15) is 0 Å². The van der Waals surface area contributed by atoms with Crippen LogP contribution in [0.2, 0.25) is 0 Å². The van der Waals surface area contributed by atoms with E-state index in [2.05, 4.69) is 11.8 Å². The van der Waals surface area contributed by atoms with Gasteiger partial charge in [0.2, 0.25) is 5.43 Å². The topological polar surface area (TPSA) is 75.0 Å². The molecule has 1 aliphatic carbocycles. The van der Waals surface area contributed by atoms with Crippen LogP contribution in [0.4, 0.5) is 10.1 Å². The summed E-state index contributed by atoms with van der Waals surface area (Å²) in [6, 6.07) is 1.30. The number of carboxylic acid groups (broad SMARTS) is 1. The highest BCUT2D eigenvalue weighted by molar-refractivity contribution is 5.97. The van der Waals surface area contributed by atoms with Gasteiger partial charge in [-0.25, -0.2) is 9.18 Å². The van der Waals surface area contributed by atoms with Gasteiger partial charge >= 0.3 is 5.97 Å².